The number of hydrogen-bond acceptors (Lipinski definition) is 6. The maximum absolute atomic E-state index is 8.46. The molecule has 0 aromatic carbocycles. The van der Waals surface area contributed by atoms with Crippen LogP contribution in [0.4, 0.5) is 10.9 Å². The molecule has 0 spiro atoms. The number of rotatable bonds is 1. The first-order chi connectivity index (χ1) is 6.17. The van der Waals surface area contributed by atoms with Gasteiger partial charge in [-0.25, -0.2) is 4.98 Å². The SMILES string of the molecule is N#CC(C#N)=Cc1sc(N)nc1N. The molecule has 0 saturated heterocycles. The van der Waals surface area contributed by atoms with Gasteiger partial charge in [0.1, 0.15) is 23.5 Å². The summed E-state index contributed by atoms with van der Waals surface area (Å²) < 4.78 is 0. The second-order valence-electron chi connectivity index (χ2n) is 2.08. The third kappa shape index (κ3) is 1.95. The van der Waals surface area contributed by atoms with Crippen molar-refractivity contribution in [2.24, 2.45) is 0 Å². The number of nitrogen functional groups attached to an aromatic ring is 2. The fourth-order valence-electron chi connectivity index (χ4n) is 0.686. The smallest absolute Gasteiger partial charge is 0.182 e. The van der Waals surface area contributed by atoms with Crippen molar-refractivity contribution in [1.82, 2.24) is 4.98 Å². The van der Waals surface area contributed by atoms with Crippen molar-refractivity contribution in [2.75, 3.05) is 11.5 Å². The van der Waals surface area contributed by atoms with Crippen molar-refractivity contribution >= 4 is 28.4 Å². The maximum atomic E-state index is 8.46. The lowest BCUT2D eigenvalue weighted by Crippen LogP contribution is -1.88. The Morgan fingerprint density at radius 1 is 1.38 bits per heavy atom. The molecule has 0 amide bonds. The van der Waals surface area contributed by atoms with E-state index in [4.69, 9.17) is 22.0 Å². The lowest BCUT2D eigenvalue weighted by atomic mass is 10.3. The second kappa shape index (κ2) is 3.57. The average molecular weight is 191 g/mol. The number of anilines is 2. The Hall–Kier alpha value is -2.05. The lowest BCUT2D eigenvalue weighted by Gasteiger charge is -1.85. The molecule has 64 valence electrons. The zero-order valence-electron chi connectivity index (χ0n) is 6.48. The van der Waals surface area contributed by atoms with Gasteiger partial charge in [0.25, 0.3) is 0 Å². The predicted octanol–water partition coefficient (Wildman–Crippen LogP) is 0.738. The third-order valence-corrected chi connectivity index (χ3v) is 2.06. The zero-order valence-corrected chi connectivity index (χ0v) is 7.30. The van der Waals surface area contributed by atoms with Crippen LogP contribution in [0.15, 0.2) is 5.57 Å². The molecule has 5 nitrogen and oxygen atoms in total. The number of nitrogens with two attached hydrogens (primary N) is 2. The number of aromatic nitrogens is 1. The van der Waals surface area contributed by atoms with E-state index in [9.17, 15) is 0 Å². The Balaban J connectivity index is 3.13. The van der Waals surface area contributed by atoms with E-state index in [1.165, 1.54) is 6.08 Å². The molecule has 0 bridgehead atoms. The van der Waals surface area contributed by atoms with Gasteiger partial charge in [-0.15, -0.1) is 0 Å². The van der Waals surface area contributed by atoms with Crippen LogP contribution in [0.25, 0.3) is 6.08 Å². The Labute approximate surface area is 78.5 Å². The molecule has 0 aliphatic rings. The second-order valence-corrected chi connectivity index (χ2v) is 3.15. The van der Waals surface area contributed by atoms with Crippen LogP contribution in [-0.2, 0) is 0 Å². The number of allylic oxidation sites excluding steroid dienone is 1. The van der Waals surface area contributed by atoms with E-state index >= 15 is 0 Å². The number of nitrogens with zero attached hydrogens (tertiary/aromatic N) is 3. The molecule has 6 heteroatoms. The molecule has 0 unspecified atom stereocenters. The quantitative estimate of drug-likeness (QED) is 0.635. The third-order valence-electron chi connectivity index (χ3n) is 1.21. The summed E-state index contributed by atoms with van der Waals surface area (Å²) >= 11 is 1.14. The summed E-state index contributed by atoms with van der Waals surface area (Å²) in [5.74, 6) is 0.241. The highest BCUT2D eigenvalue weighted by Crippen LogP contribution is 2.24. The van der Waals surface area contributed by atoms with E-state index in [1.807, 2.05) is 0 Å². The summed E-state index contributed by atoms with van der Waals surface area (Å²) in [5.41, 5.74) is 10.8. The van der Waals surface area contributed by atoms with Crippen LogP contribution in [0.3, 0.4) is 0 Å². The molecular weight excluding hydrogens is 186 g/mol. The van der Waals surface area contributed by atoms with E-state index in [1.54, 1.807) is 12.1 Å². The van der Waals surface area contributed by atoms with Crippen molar-refractivity contribution in [2.45, 2.75) is 0 Å². The fraction of sp³-hybridized carbons (Fsp3) is 0. The summed E-state index contributed by atoms with van der Waals surface area (Å²) in [6.07, 6.45) is 1.36. The van der Waals surface area contributed by atoms with Crippen molar-refractivity contribution < 1.29 is 0 Å². The van der Waals surface area contributed by atoms with Crippen LogP contribution in [0.1, 0.15) is 4.88 Å². The summed E-state index contributed by atoms with van der Waals surface area (Å²) in [7, 11) is 0. The Kier molecular flexibility index (Phi) is 2.48. The molecule has 0 atom stereocenters. The molecule has 1 aromatic rings. The van der Waals surface area contributed by atoms with Gasteiger partial charge in [-0.3, -0.25) is 0 Å². The van der Waals surface area contributed by atoms with E-state index in [0.29, 0.717) is 10.0 Å². The van der Waals surface area contributed by atoms with Crippen LogP contribution < -0.4 is 11.5 Å². The maximum Gasteiger partial charge on any atom is 0.182 e. The topological polar surface area (TPSA) is 113 Å². The van der Waals surface area contributed by atoms with Gasteiger partial charge < -0.3 is 11.5 Å². The van der Waals surface area contributed by atoms with Gasteiger partial charge in [-0.2, -0.15) is 10.5 Å². The molecule has 1 heterocycles. The normalized spacial score (nSPS) is 8.46. The van der Waals surface area contributed by atoms with E-state index in [2.05, 4.69) is 4.98 Å². The Morgan fingerprint density at radius 3 is 2.38 bits per heavy atom. The van der Waals surface area contributed by atoms with Gasteiger partial charge in [0.2, 0.25) is 0 Å². The molecule has 1 rings (SSSR count). The van der Waals surface area contributed by atoms with Crippen LogP contribution in [0.2, 0.25) is 0 Å². The standard InChI is InChI=1S/C7H5N5S/c8-2-4(3-9)1-5-6(10)12-7(11)13-5/h1H,10H2,(H2,11,12). The van der Waals surface area contributed by atoms with Crippen molar-refractivity contribution in [3.8, 4) is 12.1 Å². The number of nitriles is 2. The number of thiazole rings is 1. The largest absolute Gasteiger partial charge is 0.382 e. The highest BCUT2D eigenvalue weighted by atomic mass is 32.1. The minimum Gasteiger partial charge on any atom is -0.382 e. The van der Waals surface area contributed by atoms with Gasteiger partial charge in [0.15, 0.2) is 5.13 Å². The van der Waals surface area contributed by atoms with E-state index in [-0.39, 0.29) is 11.4 Å². The minimum atomic E-state index is -0.0182. The first kappa shape index (κ1) is 9.04. The minimum absolute atomic E-state index is 0.0182. The van der Waals surface area contributed by atoms with Crippen LogP contribution in [-0.4, -0.2) is 4.98 Å². The molecular formula is C7H5N5S. The first-order valence-corrected chi connectivity index (χ1v) is 4.02. The van der Waals surface area contributed by atoms with Crippen LogP contribution in [0.5, 0.6) is 0 Å². The molecule has 4 N–H and O–H groups in total. The van der Waals surface area contributed by atoms with Gasteiger partial charge >= 0.3 is 0 Å². The summed E-state index contributed by atoms with van der Waals surface area (Å²) in [6, 6.07) is 3.44. The molecule has 0 fully saturated rings. The molecule has 13 heavy (non-hydrogen) atoms. The molecule has 0 radical (unpaired) electrons. The monoisotopic (exact) mass is 191 g/mol. The molecule has 0 aliphatic carbocycles. The molecule has 0 saturated carbocycles. The Bertz CT molecular complexity index is 415. The highest BCUT2D eigenvalue weighted by Gasteiger charge is 2.04. The van der Waals surface area contributed by atoms with Gasteiger partial charge in [-0.1, -0.05) is 11.3 Å². The van der Waals surface area contributed by atoms with Gasteiger partial charge in [0, 0.05) is 0 Å². The van der Waals surface area contributed by atoms with Crippen LogP contribution in [0, 0.1) is 22.7 Å². The summed E-state index contributed by atoms with van der Waals surface area (Å²) in [4.78, 5) is 4.28. The van der Waals surface area contributed by atoms with Crippen molar-refractivity contribution in [1.29, 1.82) is 10.5 Å². The van der Waals surface area contributed by atoms with Gasteiger partial charge in [0.05, 0.1) is 4.88 Å². The summed E-state index contributed by atoms with van der Waals surface area (Å²) in [5, 5.41) is 17.2. The fourth-order valence-corrected chi connectivity index (χ4v) is 1.38. The first-order valence-electron chi connectivity index (χ1n) is 3.21. The highest BCUT2D eigenvalue weighted by molar-refractivity contribution is 7.16. The van der Waals surface area contributed by atoms with Crippen LogP contribution >= 0.6 is 11.3 Å². The lowest BCUT2D eigenvalue weighted by molar-refractivity contribution is 1.42. The van der Waals surface area contributed by atoms with Crippen molar-refractivity contribution in [3.05, 3.63) is 10.5 Å². The molecule has 0 aliphatic heterocycles. The number of hydrogen-bond donors (Lipinski definition) is 2. The molecule has 1 aromatic heterocycles. The van der Waals surface area contributed by atoms with E-state index < -0.39 is 0 Å². The van der Waals surface area contributed by atoms with E-state index in [0.717, 1.165) is 11.3 Å². The average Bonchev–Trinajstić information content (AvgIpc) is 2.41. The summed E-state index contributed by atoms with van der Waals surface area (Å²) in [6.45, 7) is 0. The zero-order chi connectivity index (χ0) is 9.84. The van der Waals surface area contributed by atoms with Gasteiger partial charge in [-0.05, 0) is 6.08 Å². The predicted molar refractivity (Wildman–Crippen MR) is 50.1 cm³/mol. The van der Waals surface area contributed by atoms with Crippen molar-refractivity contribution in [3.63, 3.8) is 0 Å². The Morgan fingerprint density at radius 2 is 2.00 bits per heavy atom.